The van der Waals surface area contributed by atoms with Crippen molar-refractivity contribution in [1.82, 2.24) is 4.98 Å². The third-order valence-corrected chi connectivity index (χ3v) is 1.55. The lowest BCUT2D eigenvalue weighted by Gasteiger charge is -2.07. The molecule has 0 aromatic carbocycles. The van der Waals surface area contributed by atoms with Crippen LogP contribution in [0, 0.1) is 0 Å². The Morgan fingerprint density at radius 3 is 2.82 bits per heavy atom. The Morgan fingerprint density at radius 1 is 1.55 bits per heavy atom. The molecule has 0 unspecified atom stereocenters. The third kappa shape index (κ3) is 2.89. The van der Waals surface area contributed by atoms with Crippen LogP contribution in [0.5, 0.6) is 5.88 Å². The van der Waals surface area contributed by atoms with Crippen LogP contribution in [0.4, 0.5) is 0 Å². The van der Waals surface area contributed by atoms with Gasteiger partial charge in [-0.3, -0.25) is 0 Å². The number of halogens is 1. The first-order valence-electron chi connectivity index (χ1n) is 3.46. The normalized spacial score (nSPS) is 10.2. The largest absolute Gasteiger partial charge is 0.475 e. The zero-order chi connectivity index (χ0) is 8.27. The molecule has 0 N–H and O–H groups in total. The maximum absolute atomic E-state index is 5.35. The Kier molecular flexibility index (Phi) is 2.88. The van der Waals surface area contributed by atoms with Crippen molar-refractivity contribution in [3.8, 4) is 5.88 Å². The van der Waals surface area contributed by atoms with Crippen molar-refractivity contribution in [2.45, 2.75) is 20.0 Å². The lowest BCUT2D eigenvalue weighted by atomic mass is 10.4. The predicted molar refractivity (Wildman–Crippen MR) is 47.7 cm³/mol. The fourth-order valence-corrected chi connectivity index (χ4v) is 1.01. The standard InChI is InChI=1S/C8H10BrNO/c1-6(2)11-8-5-7(9)3-4-10-8/h3-6H,1-2H3. The summed E-state index contributed by atoms with van der Waals surface area (Å²) in [5.74, 6) is 0.661. The number of hydrogen-bond donors (Lipinski definition) is 0. The molecule has 1 aromatic heterocycles. The van der Waals surface area contributed by atoms with Crippen LogP contribution < -0.4 is 4.74 Å². The molecule has 1 rings (SSSR count). The molecule has 0 radical (unpaired) electrons. The SMILES string of the molecule is CC(C)Oc1cc(Br)ccn1. The van der Waals surface area contributed by atoms with Crippen LogP contribution in [-0.4, -0.2) is 11.1 Å². The Morgan fingerprint density at radius 2 is 2.27 bits per heavy atom. The third-order valence-electron chi connectivity index (χ3n) is 1.05. The Balaban J connectivity index is 2.71. The molecule has 2 nitrogen and oxygen atoms in total. The van der Waals surface area contributed by atoms with E-state index in [-0.39, 0.29) is 6.10 Å². The summed E-state index contributed by atoms with van der Waals surface area (Å²) in [6.07, 6.45) is 1.89. The zero-order valence-corrected chi connectivity index (χ0v) is 8.13. The van der Waals surface area contributed by atoms with Crippen LogP contribution in [0.3, 0.4) is 0 Å². The number of pyridine rings is 1. The first kappa shape index (κ1) is 8.53. The Labute approximate surface area is 74.7 Å². The molecule has 0 bridgehead atoms. The van der Waals surface area contributed by atoms with Crippen LogP contribution in [0.15, 0.2) is 22.8 Å². The molecule has 0 aliphatic heterocycles. The Hall–Kier alpha value is -0.570. The average Bonchev–Trinajstić information content (AvgIpc) is 1.85. The molecule has 0 amide bonds. The highest BCUT2D eigenvalue weighted by Gasteiger charge is 1.97. The van der Waals surface area contributed by atoms with E-state index in [9.17, 15) is 0 Å². The molecular formula is C8H10BrNO. The summed E-state index contributed by atoms with van der Waals surface area (Å²) in [6, 6.07) is 3.72. The van der Waals surface area contributed by atoms with Gasteiger partial charge in [-0.05, 0) is 19.9 Å². The predicted octanol–water partition coefficient (Wildman–Crippen LogP) is 2.63. The van der Waals surface area contributed by atoms with E-state index in [0.29, 0.717) is 5.88 Å². The number of nitrogens with zero attached hydrogens (tertiary/aromatic N) is 1. The van der Waals surface area contributed by atoms with Crippen molar-refractivity contribution < 1.29 is 4.74 Å². The van der Waals surface area contributed by atoms with Gasteiger partial charge in [0.15, 0.2) is 0 Å². The van der Waals surface area contributed by atoms with Gasteiger partial charge in [0.1, 0.15) is 0 Å². The van der Waals surface area contributed by atoms with E-state index in [2.05, 4.69) is 20.9 Å². The summed E-state index contributed by atoms with van der Waals surface area (Å²) in [4.78, 5) is 4.03. The minimum Gasteiger partial charge on any atom is -0.475 e. The van der Waals surface area contributed by atoms with E-state index in [0.717, 1.165) is 4.47 Å². The quantitative estimate of drug-likeness (QED) is 0.758. The zero-order valence-electron chi connectivity index (χ0n) is 6.54. The van der Waals surface area contributed by atoms with Crippen LogP contribution in [0.25, 0.3) is 0 Å². The molecule has 0 fully saturated rings. The van der Waals surface area contributed by atoms with Crippen molar-refractivity contribution in [2.75, 3.05) is 0 Å². The second-order valence-electron chi connectivity index (χ2n) is 2.48. The molecule has 0 aliphatic rings. The highest BCUT2D eigenvalue weighted by molar-refractivity contribution is 9.10. The van der Waals surface area contributed by atoms with E-state index in [4.69, 9.17) is 4.74 Å². The summed E-state index contributed by atoms with van der Waals surface area (Å²) < 4.78 is 6.34. The van der Waals surface area contributed by atoms with Crippen molar-refractivity contribution in [2.24, 2.45) is 0 Å². The number of rotatable bonds is 2. The van der Waals surface area contributed by atoms with Gasteiger partial charge in [0.05, 0.1) is 6.10 Å². The van der Waals surface area contributed by atoms with Gasteiger partial charge in [0.2, 0.25) is 5.88 Å². The summed E-state index contributed by atoms with van der Waals surface area (Å²) in [6.45, 7) is 3.95. The number of aromatic nitrogens is 1. The molecule has 60 valence electrons. The van der Waals surface area contributed by atoms with Gasteiger partial charge in [-0.2, -0.15) is 0 Å². The van der Waals surface area contributed by atoms with E-state index in [1.807, 2.05) is 26.0 Å². The second-order valence-corrected chi connectivity index (χ2v) is 3.39. The van der Waals surface area contributed by atoms with Crippen molar-refractivity contribution in [3.63, 3.8) is 0 Å². The summed E-state index contributed by atoms with van der Waals surface area (Å²) in [7, 11) is 0. The lowest BCUT2D eigenvalue weighted by molar-refractivity contribution is 0.232. The average molecular weight is 216 g/mol. The molecule has 0 spiro atoms. The maximum atomic E-state index is 5.35. The molecule has 3 heteroatoms. The highest BCUT2D eigenvalue weighted by Crippen LogP contribution is 2.15. The van der Waals surface area contributed by atoms with Crippen LogP contribution in [0.1, 0.15) is 13.8 Å². The molecule has 11 heavy (non-hydrogen) atoms. The molecule has 0 aliphatic carbocycles. The second kappa shape index (κ2) is 3.72. The smallest absolute Gasteiger partial charge is 0.214 e. The molecule has 0 saturated heterocycles. The van der Waals surface area contributed by atoms with Crippen molar-refractivity contribution >= 4 is 15.9 Å². The van der Waals surface area contributed by atoms with Crippen molar-refractivity contribution in [3.05, 3.63) is 22.8 Å². The topological polar surface area (TPSA) is 22.1 Å². The van der Waals surface area contributed by atoms with Crippen LogP contribution in [0.2, 0.25) is 0 Å². The minimum atomic E-state index is 0.178. The fourth-order valence-electron chi connectivity index (χ4n) is 0.691. The van der Waals surface area contributed by atoms with Gasteiger partial charge in [0.25, 0.3) is 0 Å². The first-order valence-corrected chi connectivity index (χ1v) is 4.26. The van der Waals surface area contributed by atoms with E-state index >= 15 is 0 Å². The highest BCUT2D eigenvalue weighted by atomic mass is 79.9. The van der Waals surface area contributed by atoms with Gasteiger partial charge in [-0.25, -0.2) is 4.98 Å². The van der Waals surface area contributed by atoms with Gasteiger partial charge >= 0.3 is 0 Å². The van der Waals surface area contributed by atoms with Gasteiger partial charge in [-0.15, -0.1) is 0 Å². The van der Waals surface area contributed by atoms with Gasteiger partial charge in [-0.1, -0.05) is 15.9 Å². The summed E-state index contributed by atoms with van der Waals surface area (Å²) in [5, 5.41) is 0. The number of ether oxygens (including phenoxy) is 1. The lowest BCUT2D eigenvalue weighted by Crippen LogP contribution is -2.06. The van der Waals surface area contributed by atoms with E-state index < -0.39 is 0 Å². The monoisotopic (exact) mass is 215 g/mol. The molecule has 1 aromatic rings. The maximum Gasteiger partial charge on any atom is 0.214 e. The van der Waals surface area contributed by atoms with Gasteiger partial charge in [0, 0.05) is 16.7 Å². The van der Waals surface area contributed by atoms with Crippen molar-refractivity contribution in [1.29, 1.82) is 0 Å². The van der Waals surface area contributed by atoms with E-state index in [1.54, 1.807) is 6.20 Å². The molecule has 1 heterocycles. The van der Waals surface area contributed by atoms with Gasteiger partial charge < -0.3 is 4.74 Å². The fraction of sp³-hybridized carbons (Fsp3) is 0.375. The van der Waals surface area contributed by atoms with Crippen LogP contribution >= 0.6 is 15.9 Å². The Bertz CT molecular complexity index is 237. The molecule has 0 saturated carbocycles. The molecule has 0 atom stereocenters. The summed E-state index contributed by atoms with van der Waals surface area (Å²) >= 11 is 3.33. The minimum absolute atomic E-state index is 0.178. The van der Waals surface area contributed by atoms with Crippen LogP contribution in [-0.2, 0) is 0 Å². The number of hydrogen-bond acceptors (Lipinski definition) is 2. The molecular weight excluding hydrogens is 206 g/mol. The van der Waals surface area contributed by atoms with E-state index in [1.165, 1.54) is 0 Å². The first-order chi connectivity index (χ1) is 5.18. The summed E-state index contributed by atoms with van der Waals surface area (Å²) in [5.41, 5.74) is 0.